The number of likely N-dealkylation sites (N-methyl/N-ethyl adjacent to an activating group) is 1. The molecule has 0 saturated carbocycles. The monoisotopic (exact) mass is 287 g/mol. The van der Waals surface area contributed by atoms with E-state index in [-0.39, 0.29) is 13.1 Å². The Labute approximate surface area is 123 Å². The lowest BCUT2D eigenvalue weighted by molar-refractivity contribution is -0.145. The van der Waals surface area contributed by atoms with Crippen LogP contribution in [0.1, 0.15) is 5.56 Å². The van der Waals surface area contributed by atoms with E-state index in [4.69, 9.17) is 14.0 Å². The number of benzene rings is 1. The Hall–Kier alpha value is -2.46. The zero-order valence-electron chi connectivity index (χ0n) is 11.8. The number of ether oxygens (including phenoxy) is 1. The fourth-order valence-corrected chi connectivity index (χ4v) is 1.74. The minimum Gasteiger partial charge on any atom is -0.497 e. The molecule has 0 unspecified atom stereocenters. The molecule has 1 aliphatic heterocycles. The van der Waals surface area contributed by atoms with Gasteiger partial charge in [0.2, 0.25) is 0 Å². The van der Waals surface area contributed by atoms with Gasteiger partial charge in [-0.1, -0.05) is 12.0 Å². The number of hydrogen-bond acceptors (Lipinski definition) is 6. The molecule has 6 nitrogen and oxygen atoms in total. The smallest absolute Gasteiger partial charge is 0.497 e. The van der Waals surface area contributed by atoms with Gasteiger partial charge in [0.05, 0.1) is 20.2 Å². The van der Waals surface area contributed by atoms with Gasteiger partial charge in [-0.25, -0.2) is 0 Å². The lowest BCUT2D eigenvalue weighted by Gasteiger charge is -2.20. The van der Waals surface area contributed by atoms with Gasteiger partial charge in [-0.3, -0.25) is 14.5 Å². The first-order valence-corrected chi connectivity index (χ1v) is 6.30. The van der Waals surface area contributed by atoms with Crippen molar-refractivity contribution in [2.75, 3.05) is 27.2 Å². The second-order valence-electron chi connectivity index (χ2n) is 4.49. The van der Waals surface area contributed by atoms with Crippen molar-refractivity contribution in [1.29, 1.82) is 0 Å². The highest BCUT2D eigenvalue weighted by Crippen LogP contribution is 2.11. The average molecular weight is 287 g/mol. The van der Waals surface area contributed by atoms with E-state index in [9.17, 15) is 9.59 Å². The van der Waals surface area contributed by atoms with Gasteiger partial charge >= 0.3 is 19.1 Å². The summed E-state index contributed by atoms with van der Waals surface area (Å²) in [6.07, 6.45) is 0. The summed E-state index contributed by atoms with van der Waals surface area (Å²) in [6, 6.07) is 7.08. The van der Waals surface area contributed by atoms with Crippen LogP contribution in [0, 0.1) is 11.7 Å². The Morgan fingerprint density at radius 1 is 1.24 bits per heavy atom. The van der Waals surface area contributed by atoms with Gasteiger partial charge in [0.15, 0.2) is 0 Å². The molecule has 0 radical (unpaired) electrons. The summed E-state index contributed by atoms with van der Waals surface area (Å²) in [6.45, 7) is 0.0406. The third-order valence-electron chi connectivity index (χ3n) is 2.68. The van der Waals surface area contributed by atoms with E-state index >= 15 is 0 Å². The standard InChI is InChI=1S/C14H14BNO5/c1-16-9-13(17)20-15(21-14(18)10-16)7-6-11-4-3-5-12(8-11)19-2/h3-5,8H,9-10H2,1-2H3. The molecule has 0 aliphatic carbocycles. The highest BCUT2D eigenvalue weighted by atomic mass is 16.6. The van der Waals surface area contributed by atoms with E-state index in [1.165, 1.54) is 4.90 Å². The minimum absolute atomic E-state index is 0.0203. The molecule has 0 bridgehead atoms. The highest BCUT2D eigenvalue weighted by molar-refractivity contribution is 6.58. The summed E-state index contributed by atoms with van der Waals surface area (Å²) in [7, 11) is 2.00. The predicted molar refractivity (Wildman–Crippen MR) is 75.3 cm³/mol. The second-order valence-corrected chi connectivity index (χ2v) is 4.49. The van der Waals surface area contributed by atoms with Crippen LogP contribution in [-0.2, 0) is 18.9 Å². The van der Waals surface area contributed by atoms with Crippen molar-refractivity contribution in [3.63, 3.8) is 0 Å². The van der Waals surface area contributed by atoms with Gasteiger partial charge in [-0.2, -0.15) is 0 Å². The lowest BCUT2D eigenvalue weighted by Crippen LogP contribution is -2.42. The summed E-state index contributed by atoms with van der Waals surface area (Å²) >= 11 is 0. The van der Waals surface area contributed by atoms with Crippen molar-refractivity contribution in [1.82, 2.24) is 4.90 Å². The Bertz CT molecular complexity index is 587. The molecule has 1 aliphatic rings. The van der Waals surface area contributed by atoms with Gasteiger partial charge in [0, 0.05) is 5.56 Å². The Morgan fingerprint density at radius 2 is 1.90 bits per heavy atom. The average Bonchev–Trinajstić information content (AvgIpc) is 2.43. The van der Waals surface area contributed by atoms with E-state index in [2.05, 4.69) is 11.7 Å². The van der Waals surface area contributed by atoms with Crippen molar-refractivity contribution in [2.24, 2.45) is 0 Å². The van der Waals surface area contributed by atoms with Crippen molar-refractivity contribution >= 4 is 19.1 Å². The van der Waals surface area contributed by atoms with E-state index < -0.39 is 19.1 Å². The third-order valence-corrected chi connectivity index (χ3v) is 2.68. The largest absolute Gasteiger partial charge is 0.694 e. The van der Waals surface area contributed by atoms with Crippen LogP contribution in [0.25, 0.3) is 0 Å². The molecular formula is C14H14BNO5. The molecule has 108 valence electrons. The van der Waals surface area contributed by atoms with Crippen LogP contribution in [0.3, 0.4) is 0 Å². The Kier molecular flexibility index (Phi) is 4.85. The molecule has 1 aromatic carbocycles. The molecule has 2 rings (SSSR count). The molecule has 21 heavy (non-hydrogen) atoms. The molecule has 0 atom stereocenters. The quantitative estimate of drug-likeness (QED) is 0.539. The van der Waals surface area contributed by atoms with Gasteiger partial charge < -0.3 is 14.0 Å². The van der Waals surface area contributed by atoms with Gasteiger partial charge in [0.1, 0.15) is 5.75 Å². The summed E-state index contributed by atoms with van der Waals surface area (Å²) in [5, 5.41) is 0. The fourth-order valence-electron chi connectivity index (χ4n) is 1.74. The SMILES string of the molecule is COc1cccc(C#CB2OC(=O)CN(C)CC(=O)O2)c1. The molecule has 0 aromatic heterocycles. The zero-order valence-corrected chi connectivity index (χ0v) is 11.8. The molecule has 1 fully saturated rings. The van der Waals surface area contributed by atoms with Crippen molar-refractivity contribution in [2.45, 2.75) is 0 Å². The maximum atomic E-state index is 11.5. The van der Waals surface area contributed by atoms with E-state index in [0.717, 1.165) is 0 Å². The lowest BCUT2D eigenvalue weighted by atomic mass is 9.90. The van der Waals surface area contributed by atoms with Crippen molar-refractivity contribution < 1.29 is 23.6 Å². The minimum atomic E-state index is -1.19. The van der Waals surface area contributed by atoms with Crippen LogP contribution in [0.2, 0.25) is 0 Å². The number of carbonyl (C=O) groups is 2. The van der Waals surface area contributed by atoms with Crippen LogP contribution in [0.4, 0.5) is 0 Å². The summed E-state index contributed by atoms with van der Waals surface area (Å²) in [4.78, 5) is 24.6. The number of nitrogens with zero attached hydrogens (tertiary/aromatic N) is 1. The highest BCUT2D eigenvalue weighted by Gasteiger charge is 2.30. The van der Waals surface area contributed by atoms with Crippen molar-refractivity contribution in [3.8, 4) is 17.5 Å². The molecule has 1 heterocycles. The molecule has 1 saturated heterocycles. The van der Waals surface area contributed by atoms with Gasteiger partial charge in [-0.15, -0.1) is 0 Å². The van der Waals surface area contributed by atoms with Gasteiger partial charge in [-0.05, 0) is 31.1 Å². The molecular weight excluding hydrogens is 273 g/mol. The zero-order chi connectivity index (χ0) is 15.2. The van der Waals surface area contributed by atoms with E-state index in [1.807, 2.05) is 0 Å². The molecule has 0 spiro atoms. The molecule has 0 N–H and O–H groups in total. The fraction of sp³-hybridized carbons (Fsp3) is 0.286. The van der Waals surface area contributed by atoms with Gasteiger partial charge in [0.25, 0.3) is 0 Å². The van der Waals surface area contributed by atoms with E-state index in [0.29, 0.717) is 11.3 Å². The molecule has 0 amide bonds. The maximum absolute atomic E-state index is 11.5. The number of carbonyl (C=O) groups excluding carboxylic acids is 2. The third kappa shape index (κ3) is 4.54. The first-order valence-electron chi connectivity index (χ1n) is 6.30. The Morgan fingerprint density at radius 3 is 2.52 bits per heavy atom. The first-order chi connectivity index (χ1) is 10.1. The van der Waals surface area contributed by atoms with Crippen LogP contribution >= 0.6 is 0 Å². The predicted octanol–water partition coefficient (Wildman–Crippen LogP) is 0.106. The molecule has 7 heteroatoms. The summed E-state index contributed by atoms with van der Waals surface area (Å²) in [5.74, 6) is 5.09. The Balaban J connectivity index is 2.11. The van der Waals surface area contributed by atoms with E-state index in [1.54, 1.807) is 38.4 Å². The normalized spacial score (nSPS) is 16.0. The summed E-state index contributed by atoms with van der Waals surface area (Å²) in [5.41, 5.74) is 0.667. The number of methoxy groups -OCH3 is 1. The first kappa shape index (κ1) is 14.9. The van der Waals surface area contributed by atoms with Crippen LogP contribution < -0.4 is 4.74 Å². The van der Waals surface area contributed by atoms with Crippen LogP contribution in [0.5, 0.6) is 5.75 Å². The van der Waals surface area contributed by atoms with Crippen molar-refractivity contribution in [3.05, 3.63) is 29.8 Å². The van der Waals surface area contributed by atoms with Crippen LogP contribution in [0.15, 0.2) is 24.3 Å². The maximum Gasteiger partial charge on any atom is 0.694 e. The number of rotatable bonds is 1. The second kappa shape index (κ2) is 6.82. The number of hydrogen-bond donors (Lipinski definition) is 0. The molecule has 1 aromatic rings. The topological polar surface area (TPSA) is 65.1 Å². The summed E-state index contributed by atoms with van der Waals surface area (Å²) < 4.78 is 15.0. The van der Waals surface area contributed by atoms with Crippen LogP contribution in [-0.4, -0.2) is 51.2 Å².